The lowest BCUT2D eigenvalue weighted by atomic mass is 9.95. The smallest absolute Gasteiger partial charge is 0.0765 e. The SMILES string of the molecule is CCCNC(c1ccc2ccccc2c1)C(CCC)OC. The molecule has 0 aliphatic carbocycles. The second-order valence-corrected chi connectivity index (χ2v) is 5.60. The predicted octanol–water partition coefficient (Wildman–Crippen LogP) is 4.70. The monoisotopic (exact) mass is 285 g/mol. The summed E-state index contributed by atoms with van der Waals surface area (Å²) in [6, 6.07) is 15.5. The van der Waals surface area contributed by atoms with Crippen LogP contribution >= 0.6 is 0 Å². The van der Waals surface area contributed by atoms with Gasteiger partial charge in [-0.25, -0.2) is 0 Å². The second kappa shape index (κ2) is 8.16. The Morgan fingerprint density at radius 2 is 1.76 bits per heavy atom. The Morgan fingerprint density at radius 1 is 1.00 bits per heavy atom. The van der Waals surface area contributed by atoms with Gasteiger partial charge in [0.15, 0.2) is 0 Å². The van der Waals surface area contributed by atoms with Crippen molar-refractivity contribution in [2.45, 2.75) is 45.3 Å². The number of benzene rings is 2. The van der Waals surface area contributed by atoms with Crippen LogP contribution in [0.25, 0.3) is 10.8 Å². The van der Waals surface area contributed by atoms with Crippen molar-refractivity contribution in [2.24, 2.45) is 0 Å². The van der Waals surface area contributed by atoms with E-state index in [2.05, 4.69) is 61.6 Å². The normalized spacial score (nSPS) is 14.2. The molecule has 0 bridgehead atoms. The van der Waals surface area contributed by atoms with Crippen molar-refractivity contribution in [2.75, 3.05) is 13.7 Å². The summed E-state index contributed by atoms with van der Waals surface area (Å²) in [5.74, 6) is 0. The molecule has 0 fully saturated rings. The van der Waals surface area contributed by atoms with Crippen LogP contribution in [0.1, 0.15) is 44.7 Å². The second-order valence-electron chi connectivity index (χ2n) is 5.60. The van der Waals surface area contributed by atoms with Crippen LogP contribution in [-0.2, 0) is 4.74 Å². The summed E-state index contributed by atoms with van der Waals surface area (Å²) in [7, 11) is 1.82. The molecule has 0 heterocycles. The van der Waals surface area contributed by atoms with Gasteiger partial charge in [0.1, 0.15) is 0 Å². The third-order valence-electron chi connectivity index (χ3n) is 3.99. The molecule has 0 saturated carbocycles. The Balaban J connectivity index is 2.32. The maximum atomic E-state index is 5.75. The molecule has 0 radical (unpaired) electrons. The summed E-state index contributed by atoms with van der Waals surface area (Å²) in [5, 5.41) is 6.25. The molecule has 0 saturated heterocycles. The Kier molecular flexibility index (Phi) is 6.21. The van der Waals surface area contributed by atoms with Crippen molar-refractivity contribution in [3.63, 3.8) is 0 Å². The van der Waals surface area contributed by atoms with Gasteiger partial charge in [-0.1, -0.05) is 56.7 Å². The van der Waals surface area contributed by atoms with E-state index in [1.165, 1.54) is 16.3 Å². The molecule has 0 spiro atoms. The molecule has 2 aromatic rings. The molecule has 21 heavy (non-hydrogen) atoms. The van der Waals surface area contributed by atoms with E-state index in [0.29, 0.717) is 0 Å². The van der Waals surface area contributed by atoms with Gasteiger partial charge in [-0.3, -0.25) is 0 Å². The van der Waals surface area contributed by atoms with Crippen LogP contribution in [0, 0.1) is 0 Å². The van der Waals surface area contributed by atoms with E-state index in [1.807, 2.05) is 7.11 Å². The lowest BCUT2D eigenvalue weighted by Crippen LogP contribution is -2.33. The van der Waals surface area contributed by atoms with E-state index < -0.39 is 0 Å². The van der Waals surface area contributed by atoms with Crippen LogP contribution in [0.5, 0.6) is 0 Å². The van der Waals surface area contributed by atoms with Gasteiger partial charge in [-0.15, -0.1) is 0 Å². The summed E-state index contributed by atoms with van der Waals surface area (Å²) < 4.78 is 5.75. The molecular formula is C19H27NO. The fourth-order valence-electron chi connectivity index (χ4n) is 2.87. The molecule has 1 N–H and O–H groups in total. The van der Waals surface area contributed by atoms with Crippen molar-refractivity contribution in [1.29, 1.82) is 0 Å². The summed E-state index contributed by atoms with van der Waals surface area (Å²) in [4.78, 5) is 0. The molecule has 2 heteroatoms. The molecule has 0 amide bonds. The molecule has 2 atom stereocenters. The van der Waals surface area contributed by atoms with Crippen molar-refractivity contribution in [1.82, 2.24) is 5.32 Å². The van der Waals surface area contributed by atoms with Gasteiger partial charge in [0.2, 0.25) is 0 Å². The zero-order valence-corrected chi connectivity index (χ0v) is 13.4. The van der Waals surface area contributed by atoms with Crippen LogP contribution < -0.4 is 5.32 Å². The Bertz CT molecular complexity index is 552. The van der Waals surface area contributed by atoms with Gasteiger partial charge in [-0.05, 0) is 41.8 Å². The Labute approximate surface area is 128 Å². The van der Waals surface area contributed by atoms with Crippen molar-refractivity contribution >= 4 is 10.8 Å². The quantitative estimate of drug-likeness (QED) is 0.759. The van der Waals surface area contributed by atoms with Gasteiger partial charge in [-0.2, -0.15) is 0 Å². The highest BCUT2D eigenvalue weighted by Gasteiger charge is 2.21. The van der Waals surface area contributed by atoms with Gasteiger partial charge in [0.05, 0.1) is 12.1 Å². The molecule has 0 aliphatic rings. The number of methoxy groups -OCH3 is 1. The number of nitrogens with one attached hydrogen (secondary N) is 1. The lowest BCUT2D eigenvalue weighted by Gasteiger charge is -2.27. The van der Waals surface area contributed by atoms with E-state index in [4.69, 9.17) is 4.74 Å². The summed E-state index contributed by atoms with van der Waals surface area (Å²) in [6.07, 6.45) is 3.57. The number of fused-ring (bicyclic) bond motifs is 1. The Hall–Kier alpha value is -1.38. The summed E-state index contributed by atoms with van der Waals surface area (Å²) in [6.45, 7) is 5.43. The van der Waals surface area contributed by atoms with Crippen LogP contribution in [0.4, 0.5) is 0 Å². The van der Waals surface area contributed by atoms with Crippen LogP contribution in [0.3, 0.4) is 0 Å². The Morgan fingerprint density at radius 3 is 2.43 bits per heavy atom. The van der Waals surface area contributed by atoms with Crippen LogP contribution in [0.2, 0.25) is 0 Å². The van der Waals surface area contributed by atoms with E-state index in [9.17, 15) is 0 Å². The lowest BCUT2D eigenvalue weighted by molar-refractivity contribution is 0.0606. The third-order valence-corrected chi connectivity index (χ3v) is 3.99. The molecule has 114 valence electrons. The van der Waals surface area contributed by atoms with Gasteiger partial charge in [0.25, 0.3) is 0 Å². The van der Waals surface area contributed by atoms with E-state index in [-0.39, 0.29) is 12.1 Å². The van der Waals surface area contributed by atoms with Gasteiger partial charge in [0, 0.05) is 7.11 Å². The highest BCUT2D eigenvalue weighted by Crippen LogP contribution is 2.26. The van der Waals surface area contributed by atoms with Crippen molar-refractivity contribution < 1.29 is 4.74 Å². The fourth-order valence-corrected chi connectivity index (χ4v) is 2.87. The average molecular weight is 285 g/mol. The molecule has 2 rings (SSSR count). The minimum Gasteiger partial charge on any atom is -0.379 e. The number of ether oxygens (including phenoxy) is 1. The first-order chi connectivity index (χ1) is 10.3. The minimum absolute atomic E-state index is 0.225. The number of rotatable bonds is 8. The number of hydrogen-bond acceptors (Lipinski definition) is 2. The number of hydrogen-bond donors (Lipinski definition) is 1. The molecule has 0 aromatic heterocycles. The molecule has 2 aromatic carbocycles. The maximum Gasteiger partial charge on any atom is 0.0765 e. The zero-order chi connectivity index (χ0) is 15.1. The topological polar surface area (TPSA) is 21.3 Å². The summed E-state index contributed by atoms with van der Waals surface area (Å²) in [5.41, 5.74) is 1.32. The van der Waals surface area contributed by atoms with E-state index in [0.717, 1.165) is 25.8 Å². The van der Waals surface area contributed by atoms with Crippen LogP contribution in [-0.4, -0.2) is 19.8 Å². The van der Waals surface area contributed by atoms with Crippen molar-refractivity contribution in [3.05, 3.63) is 48.0 Å². The van der Waals surface area contributed by atoms with Gasteiger partial charge >= 0.3 is 0 Å². The first-order valence-corrected chi connectivity index (χ1v) is 8.05. The maximum absolute atomic E-state index is 5.75. The zero-order valence-electron chi connectivity index (χ0n) is 13.4. The fraction of sp³-hybridized carbons (Fsp3) is 0.474. The largest absolute Gasteiger partial charge is 0.379 e. The standard InChI is InChI=1S/C19H27NO/c1-4-8-18(21-3)19(20-13-5-2)17-12-11-15-9-6-7-10-16(15)14-17/h6-7,9-12,14,18-20H,4-5,8,13H2,1-3H3. The van der Waals surface area contributed by atoms with E-state index in [1.54, 1.807) is 0 Å². The molecule has 2 unspecified atom stereocenters. The highest BCUT2D eigenvalue weighted by atomic mass is 16.5. The first-order valence-electron chi connectivity index (χ1n) is 8.05. The molecule has 2 nitrogen and oxygen atoms in total. The summed E-state index contributed by atoms with van der Waals surface area (Å²) >= 11 is 0. The average Bonchev–Trinajstić information content (AvgIpc) is 2.54. The molecular weight excluding hydrogens is 258 g/mol. The van der Waals surface area contributed by atoms with Crippen LogP contribution in [0.15, 0.2) is 42.5 Å². The minimum atomic E-state index is 0.225. The third kappa shape index (κ3) is 4.05. The molecule has 0 aliphatic heterocycles. The van der Waals surface area contributed by atoms with E-state index >= 15 is 0 Å². The van der Waals surface area contributed by atoms with Crippen molar-refractivity contribution in [3.8, 4) is 0 Å². The predicted molar refractivity (Wildman–Crippen MR) is 90.7 cm³/mol. The van der Waals surface area contributed by atoms with Gasteiger partial charge < -0.3 is 10.1 Å². The first kappa shape index (κ1) is 16.0. The highest BCUT2D eigenvalue weighted by molar-refractivity contribution is 5.83.